The largest absolute Gasteiger partial charge is 0.434 e. The number of nitrogens with zero attached hydrogens (tertiary/aromatic N) is 3. The Kier molecular flexibility index (Phi) is 7.26. The molecule has 10 heteroatoms. The van der Waals surface area contributed by atoms with Gasteiger partial charge in [-0.05, 0) is 55.3 Å². The zero-order chi connectivity index (χ0) is 23.9. The Balaban J connectivity index is 1.37. The highest BCUT2D eigenvalue weighted by molar-refractivity contribution is 5.98. The maximum atomic E-state index is 13.0. The Morgan fingerprint density at radius 3 is 2.50 bits per heavy atom. The van der Waals surface area contributed by atoms with E-state index in [0.29, 0.717) is 30.8 Å². The van der Waals surface area contributed by atoms with E-state index in [0.717, 1.165) is 0 Å². The fourth-order valence-electron chi connectivity index (χ4n) is 3.68. The smallest absolute Gasteiger partial charge is 0.387 e. The Morgan fingerprint density at radius 2 is 1.76 bits per heavy atom. The molecule has 3 aromatic rings. The molecule has 0 saturated carbocycles. The molecule has 8 nitrogen and oxygen atoms in total. The number of aromatic nitrogens is 2. The van der Waals surface area contributed by atoms with Crippen molar-refractivity contribution in [3.63, 3.8) is 0 Å². The molecule has 34 heavy (non-hydrogen) atoms. The number of hydrogen-bond donors (Lipinski definition) is 1. The number of anilines is 1. The lowest BCUT2D eigenvalue weighted by Crippen LogP contribution is -2.43. The second-order valence-electron chi connectivity index (χ2n) is 7.61. The Morgan fingerprint density at radius 1 is 1.03 bits per heavy atom. The monoisotopic (exact) mass is 468 g/mol. The van der Waals surface area contributed by atoms with Crippen molar-refractivity contribution in [2.45, 2.75) is 19.5 Å². The van der Waals surface area contributed by atoms with Crippen LogP contribution in [-0.2, 0) is 4.79 Å². The number of piperidine rings is 1. The number of rotatable bonds is 7. The number of para-hydroxylation sites is 1. The SMILES string of the molecule is O=C(Nc1ccc(Oc2ncccn2)cc1)C1CCCN(C(=O)c2ccccc2OC(F)F)C1. The summed E-state index contributed by atoms with van der Waals surface area (Å²) in [6.07, 6.45) is 4.36. The van der Waals surface area contributed by atoms with E-state index in [1.54, 1.807) is 48.8 Å². The van der Waals surface area contributed by atoms with Crippen LogP contribution in [0.1, 0.15) is 23.2 Å². The number of halogens is 2. The van der Waals surface area contributed by atoms with E-state index in [1.807, 2.05) is 0 Å². The number of likely N-dealkylation sites (tertiary alicyclic amines) is 1. The molecular weight excluding hydrogens is 446 g/mol. The molecule has 1 atom stereocenters. The number of nitrogens with one attached hydrogen (secondary N) is 1. The standard InChI is InChI=1S/C24H22F2N4O4/c25-23(26)34-20-7-2-1-6-19(20)22(32)30-14-3-5-16(15-30)21(31)29-17-8-10-18(11-9-17)33-24-27-12-4-13-28-24/h1-2,4,6-13,16,23H,3,5,14-15H2,(H,29,31). The first-order valence-corrected chi connectivity index (χ1v) is 10.7. The maximum absolute atomic E-state index is 13.0. The summed E-state index contributed by atoms with van der Waals surface area (Å²) in [4.78, 5) is 35.3. The van der Waals surface area contributed by atoms with Gasteiger partial charge in [0.2, 0.25) is 5.91 Å². The van der Waals surface area contributed by atoms with Gasteiger partial charge in [0, 0.05) is 31.2 Å². The predicted octanol–water partition coefficient (Wildman–Crippen LogP) is 4.36. The number of benzene rings is 2. The van der Waals surface area contributed by atoms with Crippen LogP contribution >= 0.6 is 0 Å². The highest BCUT2D eigenvalue weighted by Crippen LogP contribution is 2.26. The summed E-state index contributed by atoms with van der Waals surface area (Å²) < 4.78 is 35.4. The molecule has 2 aromatic carbocycles. The molecule has 1 N–H and O–H groups in total. The maximum Gasteiger partial charge on any atom is 0.387 e. The van der Waals surface area contributed by atoms with Crippen molar-refractivity contribution in [2.24, 2.45) is 5.92 Å². The molecule has 1 saturated heterocycles. The van der Waals surface area contributed by atoms with Gasteiger partial charge < -0.3 is 19.7 Å². The quantitative estimate of drug-likeness (QED) is 0.554. The number of hydrogen-bond acceptors (Lipinski definition) is 6. The summed E-state index contributed by atoms with van der Waals surface area (Å²) in [5, 5.41) is 2.85. The second kappa shape index (κ2) is 10.7. The first kappa shape index (κ1) is 23.1. The van der Waals surface area contributed by atoms with Crippen LogP contribution in [0.5, 0.6) is 17.5 Å². The summed E-state index contributed by atoms with van der Waals surface area (Å²) in [5.41, 5.74) is 0.618. The van der Waals surface area contributed by atoms with Gasteiger partial charge in [0.25, 0.3) is 5.91 Å². The molecule has 0 radical (unpaired) electrons. The summed E-state index contributed by atoms with van der Waals surface area (Å²) in [5.74, 6) is -0.775. The van der Waals surface area contributed by atoms with Gasteiger partial charge in [0.15, 0.2) is 0 Å². The van der Waals surface area contributed by atoms with E-state index >= 15 is 0 Å². The van der Waals surface area contributed by atoms with Gasteiger partial charge in [-0.2, -0.15) is 8.78 Å². The van der Waals surface area contributed by atoms with Gasteiger partial charge in [0.1, 0.15) is 11.5 Å². The zero-order valence-corrected chi connectivity index (χ0v) is 18.1. The predicted molar refractivity (Wildman–Crippen MR) is 119 cm³/mol. The highest BCUT2D eigenvalue weighted by Gasteiger charge is 2.30. The van der Waals surface area contributed by atoms with E-state index in [2.05, 4.69) is 20.0 Å². The third-order valence-electron chi connectivity index (χ3n) is 5.29. The molecule has 0 bridgehead atoms. The van der Waals surface area contributed by atoms with Crippen LogP contribution in [0.2, 0.25) is 0 Å². The molecule has 0 aliphatic carbocycles. The minimum Gasteiger partial charge on any atom is -0.434 e. The average Bonchev–Trinajstić information content (AvgIpc) is 2.85. The van der Waals surface area contributed by atoms with Crippen molar-refractivity contribution < 1.29 is 27.8 Å². The Hall–Kier alpha value is -4.08. The van der Waals surface area contributed by atoms with Crippen LogP contribution in [0.25, 0.3) is 0 Å². The van der Waals surface area contributed by atoms with E-state index in [9.17, 15) is 18.4 Å². The van der Waals surface area contributed by atoms with Crippen LogP contribution in [-0.4, -0.2) is 46.4 Å². The fourth-order valence-corrected chi connectivity index (χ4v) is 3.68. The molecule has 1 aliphatic rings. The summed E-state index contributed by atoms with van der Waals surface area (Å²) in [6.45, 7) is -2.43. The lowest BCUT2D eigenvalue weighted by Gasteiger charge is -2.32. The zero-order valence-electron chi connectivity index (χ0n) is 18.1. The van der Waals surface area contributed by atoms with E-state index in [4.69, 9.17) is 4.74 Å². The van der Waals surface area contributed by atoms with Crippen LogP contribution in [0.15, 0.2) is 67.0 Å². The molecule has 1 aromatic heterocycles. The summed E-state index contributed by atoms with van der Waals surface area (Å²) in [7, 11) is 0. The molecule has 1 aliphatic heterocycles. The molecule has 4 rings (SSSR count). The van der Waals surface area contributed by atoms with Gasteiger partial charge in [-0.1, -0.05) is 12.1 Å². The van der Waals surface area contributed by atoms with Crippen molar-refractivity contribution in [1.82, 2.24) is 14.9 Å². The van der Waals surface area contributed by atoms with Crippen molar-refractivity contribution in [1.29, 1.82) is 0 Å². The Bertz CT molecular complexity index is 1130. The van der Waals surface area contributed by atoms with Crippen LogP contribution in [0.4, 0.5) is 14.5 Å². The van der Waals surface area contributed by atoms with E-state index < -0.39 is 18.4 Å². The Labute approximate surface area is 194 Å². The molecule has 1 fully saturated rings. The average molecular weight is 468 g/mol. The number of amides is 2. The van der Waals surface area contributed by atoms with Crippen molar-refractivity contribution in [3.8, 4) is 17.5 Å². The van der Waals surface area contributed by atoms with Gasteiger partial charge in [-0.25, -0.2) is 9.97 Å². The molecular formula is C24H22F2N4O4. The summed E-state index contributed by atoms with van der Waals surface area (Å²) in [6, 6.07) is 14.5. The van der Waals surface area contributed by atoms with Crippen LogP contribution in [0, 0.1) is 5.92 Å². The number of alkyl halides is 2. The molecule has 176 valence electrons. The molecule has 1 unspecified atom stereocenters. The third-order valence-corrected chi connectivity index (χ3v) is 5.29. The van der Waals surface area contributed by atoms with E-state index in [1.165, 1.54) is 23.1 Å². The fraction of sp³-hybridized carbons (Fsp3) is 0.250. The van der Waals surface area contributed by atoms with Gasteiger partial charge >= 0.3 is 12.6 Å². The first-order chi connectivity index (χ1) is 16.5. The van der Waals surface area contributed by atoms with Gasteiger partial charge in [-0.15, -0.1) is 0 Å². The lowest BCUT2D eigenvalue weighted by atomic mass is 9.96. The first-order valence-electron chi connectivity index (χ1n) is 10.7. The van der Waals surface area contributed by atoms with Crippen molar-refractivity contribution >= 4 is 17.5 Å². The van der Waals surface area contributed by atoms with Crippen molar-refractivity contribution in [3.05, 3.63) is 72.6 Å². The normalized spacial score (nSPS) is 15.6. The molecule has 0 spiro atoms. The molecule has 2 amide bonds. The van der Waals surface area contributed by atoms with Crippen LogP contribution in [0.3, 0.4) is 0 Å². The second-order valence-corrected chi connectivity index (χ2v) is 7.61. The van der Waals surface area contributed by atoms with Crippen LogP contribution < -0.4 is 14.8 Å². The van der Waals surface area contributed by atoms with Gasteiger partial charge in [0.05, 0.1) is 11.5 Å². The molecule has 2 heterocycles. The van der Waals surface area contributed by atoms with Crippen molar-refractivity contribution in [2.75, 3.05) is 18.4 Å². The third kappa shape index (κ3) is 5.83. The topological polar surface area (TPSA) is 93.6 Å². The minimum atomic E-state index is -3.04. The number of carbonyl (C=O) groups is 2. The lowest BCUT2D eigenvalue weighted by molar-refractivity contribution is -0.121. The number of carbonyl (C=O) groups excluding carboxylic acids is 2. The van der Waals surface area contributed by atoms with E-state index in [-0.39, 0.29) is 29.8 Å². The van der Waals surface area contributed by atoms with Gasteiger partial charge in [-0.3, -0.25) is 9.59 Å². The highest BCUT2D eigenvalue weighted by atomic mass is 19.3. The minimum absolute atomic E-state index is 0.0434. The number of ether oxygens (including phenoxy) is 2. The summed E-state index contributed by atoms with van der Waals surface area (Å²) >= 11 is 0.